The van der Waals surface area contributed by atoms with E-state index in [-0.39, 0.29) is 5.75 Å². The Bertz CT molecular complexity index is 407. The fourth-order valence-electron chi connectivity index (χ4n) is 1.65. The van der Waals surface area contributed by atoms with Gasteiger partial charge >= 0.3 is 5.97 Å². The first-order valence-electron chi connectivity index (χ1n) is 5.40. The summed E-state index contributed by atoms with van der Waals surface area (Å²) in [5.74, 6) is -0.281. The Kier molecular flexibility index (Phi) is 3.48. The number of ether oxygens (including phenoxy) is 1. The van der Waals surface area contributed by atoms with Gasteiger partial charge in [0, 0.05) is 5.41 Å². The molecule has 0 aromatic heterocycles. The van der Waals surface area contributed by atoms with Gasteiger partial charge in [0.25, 0.3) is 0 Å². The Morgan fingerprint density at radius 2 is 1.71 bits per heavy atom. The molecule has 1 atom stereocenters. The minimum Gasteiger partial charge on any atom is -0.508 e. The van der Waals surface area contributed by atoms with Crippen LogP contribution in [0.2, 0.25) is 0 Å². The van der Waals surface area contributed by atoms with E-state index in [0.717, 1.165) is 5.56 Å². The Balaban J connectivity index is 3.18. The van der Waals surface area contributed by atoms with Crippen LogP contribution in [-0.2, 0) is 14.9 Å². The number of esters is 1. The lowest BCUT2D eigenvalue weighted by Gasteiger charge is -2.39. The van der Waals surface area contributed by atoms with Crippen LogP contribution in [0.4, 0.5) is 0 Å². The Labute approximate surface area is 101 Å². The first kappa shape index (κ1) is 13.5. The molecule has 1 unspecified atom stereocenters. The summed E-state index contributed by atoms with van der Waals surface area (Å²) in [6.07, 6.45) is 0. The standard InChI is InChI=1S/C13H19NO3/c1-12(2,13(3,14)11(16)17-4)9-5-7-10(15)8-6-9/h5-8,15H,14H2,1-4H3. The van der Waals surface area contributed by atoms with E-state index in [2.05, 4.69) is 0 Å². The average molecular weight is 237 g/mol. The summed E-state index contributed by atoms with van der Waals surface area (Å²) in [5.41, 5.74) is 5.20. The van der Waals surface area contributed by atoms with Crippen LogP contribution in [0.1, 0.15) is 26.3 Å². The van der Waals surface area contributed by atoms with Crippen LogP contribution in [0.15, 0.2) is 24.3 Å². The van der Waals surface area contributed by atoms with Crippen LogP contribution in [0, 0.1) is 0 Å². The van der Waals surface area contributed by atoms with Gasteiger partial charge in [0.1, 0.15) is 11.3 Å². The molecular formula is C13H19NO3. The maximum absolute atomic E-state index is 11.7. The highest BCUT2D eigenvalue weighted by Crippen LogP contribution is 2.34. The van der Waals surface area contributed by atoms with Gasteiger partial charge < -0.3 is 15.6 Å². The van der Waals surface area contributed by atoms with Crippen LogP contribution in [0.25, 0.3) is 0 Å². The summed E-state index contributed by atoms with van der Waals surface area (Å²) in [5, 5.41) is 9.26. The zero-order valence-corrected chi connectivity index (χ0v) is 10.7. The van der Waals surface area contributed by atoms with Crippen molar-refractivity contribution in [1.29, 1.82) is 0 Å². The topological polar surface area (TPSA) is 72.5 Å². The van der Waals surface area contributed by atoms with E-state index in [0.29, 0.717) is 0 Å². The highest BCUT2D eigenvalue weighted by Gasteiger charge is 2.46. The SMILES string of the molecule is COC(=O)C(C)(N)C(C)(C)c1ccc(O)cc1. The third-order valence-corrected chi connectivity index (χ3v) is 3.50. The summed E-state index contributed by atoms with van der Waals surface area (Å²) in [4.78, 5) is 11.7. The predicted octanol–water partition coefficient (Wildman–Crippen LogP) is 1.56. The molecule has 0 aliphatic heterocycles. The highest BCUT2D eigenvalue weighted by atomic mass is 16.5. The fourth-order valence-corrected chi connectivity index (χ4v) is 1.65. The van der Waals surface area contributed by atoms with Gasteiger partial charge in [-0.15, -0.1) is 0 Å². The first-order chi connectivity index (χ1) is 7.73. The van der Waals surface area contributed by atoms with Crippen molar-refractivity contribution >= 4 is 5.97 Å². The molecule has 94 valence electrons. The Morgan fingerprint density at radius 3 is 2.12 bits per heavy atom. The molecule has 0 amide bonds. The molecule has 0 fully saturated rings. The number of aromatic hydroxyl groups is 1. The zero-order valence-electron chi connectivity index (χ0n) is 10.7. The van der Waals surface area contributed by atoms with E-state index < -0.39 is 16.9 Å². The number of hydrogen-bond donors (Lipinski definition) is 2. The summed E-state index contributed by atoms with van der Waals surface area (Å²) in [6, 6.07) is 6.65. The van der Waals surface area contributed by atoms with Crippen LogP contribution in [-0.4, -0.2) is 23.7 Å². The molecule has 3 N–H and O–H groups in total. The van der Waals surface area contributed by atoms with Gasteiger partial charge in [-0.25, -0.2) is 0 Å². The van der Waals surface area contributed by atoms with Crippen molar-refractivity contribution in [2.24, 2.45) is 5.73 Å². The molecule has 0 bridgehead atoms. The molecule has 0 heterocycles. The number of rotatable bonds is 3. The molecular weight excluding hydrogens is 218 g/mol. The third kappa shape index (κ3) is 2.26. The molecule has 4 heteroatoms. The van der Waals surface area contributed by atoms with Crippen LogP contribution in [0.5, 0.6) is 5.75 Å². The quantitative estimate of drug-likeness (QED) is 0.782. The second-order valence-electron chi connectivity index (χ2n) is 4.87. The molecule has 0 spiro atoms. The molecule has 1 aromatic carbocycles. The van der Waals surface area contributed by atoms with Crippen molar-refractivity contribution in [1.82, 2.24) is 0 Å². The summed E-state index contributed by atoms with van der Waals surface area (Å²) in [6.45, 7) is 5.39. The van der Waals surface area contributed by atoms with Gasteiger partial charge in [0.2, 0.25) is 0 Å². The number of nitrogens with two attached hydrogens (primary N) is 1. The summed E-state index contributed by atoms with van der Waals surface area (Å²) >= 11 is 0. The van der Waals surface area contributed by atoms with Crippen molar-refractivity contribution < 1.29 is 14.6 Å². The van der Waals surface area contributed by atoms with Crippen molar-refractivity contribution in [3.05, 3.63) is 29.8 Å². The fraction of sp³-hybridized carbons (Fsp3) is 0.462. The van der Waals surface area contributed by atoms with E-state index in [1.807, 2.05) is 13.8 Å². The van der Waals surface area contributed by atoms with Crippen molar-refractivity contribution in [2.45, 2.75) is 31.7 Å². The Morgan fingerprint density at radius 1 is 1.24 bits per heavy atom. The molecule has 17 heavy (non-hydrogen) atoms. The lowest BCUT2D eigenvalue weighted by Crippen LogP contribution is -2.59. The van der Waals surface area contributed by atoms with Crippen molar-refractivity contribution in [2.75, 3.05) is 7.11 Å². The van der Waals surface area contributed by atoms with Gasteiger partial charge in [-0.1, -0.05) is 26.0 Å². The summed E-state index contributed by atoms with van der Waals surface area (Å²) < 4.78 is 4.73. The van der Waals surface area contributed by atoms with Crippen molar-refractivity contribution in [3.63, 3.8) is 0 Å². The van der Waals surface area contributed by atoms with Gasteiger partial charge in [-0.2, -0.15) is 0 Å². The molecule has 0 saturated carbocycles. The third-order valence-electron chi connectivity index (χ3n) is 3.50. The number of methoxy groups -OCH3 is 1. The lowest BCUT2D eigenvalue weighted by molar-refractivity contribution is -0.148. The monoisotopic (exact) mass is 237 g/mol. The minimum atomic E-state index is -1.14. The van der Waals surface area contributed by atoms with Crippen molar-refractivity contribution in [3.8, 4) is 5.75 Å². The number of carbonyl (C=O) groups excluding carboxylic acids is 1. The normalized spacial score (nSPS) is 15.1. The maximum Gasteiger partial charge on any atom is 0.326 e. The molecule has 0 aliphatic rings. The molecule has 1 aromatic rings. The minimum absolute atomic E-state index is 0.182. The van der Waals surface area contributed by atoms with Crippen LogP contribution in [0.3, 0.4) is 0 Å². The molecule has 4 nitrogen and oxygen atoms in total. The highest BCUT2D eigenvalue weighted by molar-refractivity contribution is 5.82. The lowest BCUT2D eigenvalue weighted by atomic mass is 9.69. The van der Waals surface area contributed by atoms with Crippen LogP contribution < -0.4 is 5.73 Å². The van der Waals surface area contributed by atoms with Crippen LogP contribution >= 0.6 is 0 Å². The van der Waals surface area contributed by atoms with Gasteiger partial charge in [0.15, 0.2) is 0 Å². The summed E-state index contributed by atoms with van der Waals surface area (Å²) in [7, 11) is 1.32. The average Bonchev–Trinajstić information content (AvgIpc) is 2.28. The van der Waals surface area contributed by atoms with Gasteiger partial charge in [-0.3, -0.25) is 4.79 Å². The second kappa shape index (κ2) is 4.37. The Hall–Kier alpha value is -1.55. The largest absolute Gasteiger partial charge is 0.508 e. The number of benzene rings is 1. The predicted molar refractivity (Wildman–Crippen MR) is 65.7 cm³/mol. The molecule has 1 rings (SSSR count). The van der Waals surface area contributed by atoms with E-state index in [1.54, 1.807) is 31.2 Å². The van der Waals surface area contributed by atoms with E-state index >= 15 is 0 Å². The maximum atomic E-state index is 11.7. The smallest absolute Gasteiger partial charge is 0.326 e. The molecule has 0 saturated heterocycles. The number of phenols is 1. The van der Waals surface area contributed by atoms with E-state index in [1.165, 1.54) is 7.11 Å². The molecule has 0 radical (unpaired) electrons. The zero-order chi connectivity index (χ0) is 13.3. The number of hydrogen-bond acceptors (Lipinski definition) is 4. The number of phenolic OH excluding ortho intramolecular Hbond substituents is 1. The second-order valence-corrected chi connectivity index (χ2v) is 4.87. The van der Waals surface area contributed by atoms with E-state index in [4.69, 9.17) is 10.5 Å². The molecule has 0 aliphatic carbocycles. The number of carbonyl (C=O) groups is 1. The first-order valence-corrected chi connectivity index (χ1v) is 5.40. The van der Waals surface area contributed by atoms with Gasteiger partial charge in [0.05, 0.1) is 7.11 Å². The van der Waals surface area contributed by atoms with E-state index in [9.17, 15) is 9.90 Å². The van der Waals surface area contributed by atoms with Gasteiger partial charge in [-0.05, 0) is 24.6 Å².